The van der Waals surface area contributed by atoms with Crippen LogP contribution in [0.25, 0.3) is 110 Å². The summed E-state index contributed by atoms with van der Waals surface area (Å²) >= 11 is 0. The van der Waals surface area contributed by atoms with E-state index in [0.717, 1.165) is 101 Å². The van der Waals surface area contributed by atoms with E-state index in [1.54, 1.807) is 0 Å². The Balaban J connectivity index is 0.953. The molecule has 0 unspecified atom stereocenters. The van der Waals surface area contributed by atoms with Crippen LogP contribution >= 0.6 is 0 Å². The summed E-state index contributed by atoms with van der Waals surface area (Å²) in [6, 6.07) is 99.0. The molecule has 13 aromatic carbocycles. The highest BCUT2D eigenvalue weighted by atomic mass is 16.3. The highest BCUT2D eigenvalue weighted by Gasteiger charge is 2.46. The minimum absolute atomic E-state index is 0.0435. The SMILES string of the molecule is CC(C)(C)c1cc(-c2ccc3c(c2)N(c2cccc4c2oc2c(-n5c6ccc(C(C)(C)C)cc6c6cc(C(C)(C)C)ccc65)cccc24)c2cc(C(C)(C)C)cc4c2B3c2ccc(-n3c5ccc(C(C)(C)C)cc5c5cc(C(C)(C)C)ccc53)cc2N4c2cc(-c3ccccc3)cc(-c3ccccc3)c2)cc(C(C)(C)C)c1. The fraction of sp³-hybridized carbons (Fsp3) is 0.264. The van der Waals surface area contributed by atoms with Crippen LogP contribution < -0.4 is 26.2 Å². The van der Waals surface area contributed by atoms with Crippen LogP contribution in [-0.4, -0.2) is 15.8 Å². The predicted octanol–water partition coefficient (Wildman–Crippen LogP) is 27.9. The van der Waals surface area contributed by atoms with Crippen LogP contribution in [0.1, 0.15) is 184 Å². The molecule has 2 aliphatic rings. The van der Waals surface area contributed by atoms with Gasteiger partial charge in [0.05, 0.1) is 33.4 Å². The van der Waals surface area contributed by atoms with E-state index in [1.807, 2.05) is 0 Å². The van der Waals surface area contributed by atoms with Gasteiger partial charge in [0.2, 0.25) is 0 Å². The van der Waals surface area contributed by atoms with Crippen molar-refractivity contribution >= 4 is 123 Å². The molecule has 5 heterocycles. The molecule has 0 saturated carbocycles. The summed E-state index contributed by atoms with van der Waals surface area (Å²) in [6.07, 6.45) is 0. The van der Waals surface area contributed by atoms with Crippen LogP contribution in [0.2, 0.25) is 0 Å². The number of benzene rings is 13. The summed E-state index contributed by atoms with van der Waals surface area (Å²) in [7, 11) is 0. The Hall–Kier alpha value is -11.1. The lowest BCUT2D eigenvalue weighted by atomic mass is 9.33. The molecule has 5 nitrogen and oxygen atoms in total. The summed E-state index contributed by atoms with van der Waals surface area (Å²) in [6.45, 7) is 49.0. The molecule has 0 saturated heterocycles. The van der Waals surface area contributed by atoms with Crippen molar-refractivity contribution in [3.05, 3.63) is 294 Å². The first-order chi connectivity index (χ1) is 52.9. The lowest BCUT2D eigenvalue weighted by Crippen LogP contribution is -2.61. The molecule has 6 heteroatoms. The van der Waals surface area contributed by atoms with Gasteiger partial charge in [-0.1, -0.05) is 291 Å². The quantitative estimate of drug-likeness (QED) is 0.149. The summed E-state index contributed by atoms with van der Waals surface area (Å²) < 4.78 is 13.0. The third-order valence-corrected chi connectivity index (χ3v) is 24.5. The second-order valence-electron chi connectivity index (χ2n) is 39.6. The lowest BCUT2D eigenvalue weighted by molar-refractivity contribution is 0.569. The Morgan fingerprint density at radius 1 is 0.223 bits per heavy atom. The van der Waals surface area contributed by atoms with Crippen LogP contribution in [0.3, 0.4) is 0 Å². The molecule has 0 atom stereocenters. The summed E-state index contributed by atoms with van der Waals surface area (Å²) in [4.78, 5) is 5.28. The van der Waals surface area contributed by atoms with Gasteiger partial charge < -0.3 is 23.4 Å². The molecule has 2 aliphatic heterocycles. The molecule has 0 spiro atoms. The number of hydrogen-bond acceptors (Lipinski definition) is 3. The maximum absolute atomic E-state index is 7.93. The van der Waals surface area contributed by atoms with Crippen molar-refractivity contribution in [3.8, 4) is 44.8 Å². The molecule has 0 aliphatic carbocycles. The van der Waals surface area contributed by atoms with Crippen LogP contribution in [0, 0.1) is 0 Å². The molecule has 18 rings (SSSR count). The van der Waals surface area contributed by atoms with Gasteiger partial charge in [0, 0.05) is 66.4 Å². The van der Waals surface area contributed by atoms with E-state index in [4.69, 9.17) is 4.42 Å². The number of furan rings is 1. The van der Waals surface area contributed by atoms with Gasteiger partial charge in [0.1, 0.15) is 0 Å². The minimum Gasteiger partial charge on any atom is -0.452 e. The van der Waals surface area contributed by atoms with Crippen molar-refractivity contribution in [1.29, 1.82) is 0 Å². The third-order valence-electron chi connectivity index (χ3n) is 24.5. The number of anilines is 6. The number of aromatic nitrogens is 2. The Bertz CT molecular complexity index is 6310. The third kappa shape index (κ3) is 12.0. The second-order valence-corrected chi connectivity index (χ2v) is 39.6. The fourth-order valence-electron chi connectivity index (χ4n) is 17.9. The topological polar surface area (TPSA) is 29.5 Å². The molecule has 3 aromatic heterocycles. The largest absolute Gasteiger partial charge is 0.452 e. The Morgan fingerprint density at radius 2 is 0.607 bits per heavy atom. The summed E-state index contributed by atoms with van der Waals surface area (Å²) in [5.74, 6) is 0. The molecule has 0 amide bonds. The van der Waals surface area contributed by atoms with E-state index in [9.17, 15) is 0 Å². The highest BCUT2D eigenvalue weighted by molar-refractivity contribution is 7.00. The maximum Gasteiger partial charge on any atom is 0.252 e. The Kier molecular flexibility index (Phi) is 16.3. The first kappa shape index (κ1) is 72.5. The van der Waals surface area contributed by atoms with Crippen molar-refractivity contribution in [2.24, 2.45) is 0 Å². The molecule has 0 radical (unpaired) electrons. The highest BCUT2D eigenvalue weighted by Crippen LogP contribution is 2.53. The average Bonchev–Trinajstić information content (AvgIpc) is 0.815. The van der Waals surface area contributed by atoms with Gasteiger partial charge in [-0.3, -0.25) is 0 Å². The molecule has 0 bridgehead atoms. The van der Waals surface area contributed by atoms with Crippen molar-refractivity contribution in [3.63, 3.8) is 0 Å². The van der Waals surface area contributed by atoms with E-state index < -0.39 is 0 Å². The van der Waals surface area contributed by atoms with Gasteiger partial charge in [-0.15, -0.1) is 0 Å². The van der Waals surface area contributed by atoms with Gasteiger partial charge in [0.25, 0.3) is 6.71 Å². The van der Waals surface area contributed by atoms with Gasteiger partial charge in [-0.05, 0) is 236 Å². The maximum atomic E-state index is 7.93. The van der Waals surface area contributed by atoms with Crippen LogP contribution in [-0.2, 0) is 37.9 Å². The zero-order valence-electron chi connectivity index (χ0n) is 69.5. The number of fused-ring (bicyclic) bond motifs is 13. The molecule has 0 N–H and O–H groups in total. The van der Waals surface area contributed by atoms with Crippen molar-refractivity contribution in [2.75, 3.05) is 9.80 Å². The number of hydrogen-bond donors (Lipinski definition) is 0. The van der Waals surface area contributed by atoms with Crippen molar-refractivity contribution in [1.82, 2.24) is 9.13 Å². The van der Waals surface area contributed by atoms with Gasteiger partial charge >= 0.3 is 0 Å². The number of para-hydroxylation sites is 2. The summed E-state index contributed by atoms with van der Waals surface area (Å²) in [5, 5.41) is 7.16. The van der Waals surface area contributed by atoms with E-state index in [1.165, 1.54) is 99.0 Å². The first-order valence-electron chi connectivity index (χ1n) is 40.6. The standard InChI is InChI=1S/C106H105BN4O/c1-100(2,3)70-39-46-87-81(57-70)82-58-71(101(4,5)6)40-47-88(82)108(87)77-43-45-86-94(63-77)109(78-53-67(64-30-24-22-25-31-64)50-68(54-78)65-32-26-23-27-33-65)95-61-76(106(19,20)21)62-96-97(95)107(86)85-44-38-66(69-51-74(104(13,14)15)56-75(52-69)105(16,17)18)55-93(85)111(96)92-37-29-35-80-79-34-28-36-91(98(79)112-99(80)92)110-89-48-41-72(102(7,8)9)59-83(89)84-60-73(103(10,11)12)42-49-90(84)110/h22-63H,1-21H3. The van der Waals surface area contributed by atoms with Crippen molar-refractivity contribution < 1.29 is 4.42 Å². The molecule has 112 heavy (non-hydrogen) atoms. The zero-order chi connectivity index (χ0) is 78.6. The molecular weight excluding hydrogens is 1360 g/mol. The lowest BCUT2D eigenvalue weighted by Gasteiger charge is -2.45. The number of nitrogens with zero attached hydrogens (tertiary/aromatic N) is 4. The normalized spacial score (nSPS) is 13.7. The average molecular weight is 1460 g/mol. The molecule has 558 valence electrons. The Morgan fingerprint density at radius 3 is 1.05 bits per heavy atom. The Labute approximate surface area is 663 Å². The minimum atomic E-state index is -0.314. The first-order valence-corrected chi connectivity index (χ1v) is 40.6. The van der Waals surface area contributed by atoms with E-state index in [-0.39, 0.29) is 44.6 Å². The fourth-order valence-corrected chi connectivity index (χ4v) is 17.9. The molecular formula is C106H105BN4O. The molecule has 0 fully saturated rings. The van der Waals surface area contributed by atoms with E-state index in [0.29, 0.717) is 0 Å². The van der Waals surface area contributed by atoms with Gasteiger partial charge in [0.15, 0.2) is 11.2 Å². The smallest absolute Gasteiger partial charge is 0.252 e. The monoisotopic (exact) mass is 1460 g/mol. The van der Waals surface area contributed by atoms with E-state index >= 15 is 0 Å². The van der Waals surface area contributed by atoms with Crippen LogP contribution in [0.5, 0.6) is 0 Å². The zero-order valence-corrected chi connectivity index (χ0v) is 69.5. The van der Waals surface area contributed by atoms with Gasteiger partial charge in [-0.2, -0.15) is 0 Å². The van der Waals surface area contributed by atoms with Gasteiger partial charge in [-0.25, -0.2) is 0 Å². The van der Waals surface area contributed by atoms with Crippen LogP contribution in [0.4, 0.5) is 34.1 Å². The van der Waals surface area contributed by atoms with Crippen LogP contribution in [0.15, 0.2) is 259 Å². The van der Waals surface area contributed by atoms with Crippen molar-refractivity contribution in [2.45, 2.75) is 183 Å². The number of rotatable bonds is 7. The predicted molar refractivity (Wildman–Crippen MR) is 484 cm³/mol. The summed E-state index contributed by atoms with van der Waals surface area (Å²) in [5.41, 5.74) is 34.2. The van der Waals surface area contributed by atoms with E-state index in [2.05, 4.69) is 419 Å². The molecule has 16 aromatic rings. The second kappa shape index (κ2) is 25.2.